The summed E-state index contributed by atoms with van der Waals surface area (Å²) in [5.41, 5.74) is 3.29. The van der Waals surface area contributed by atoms with E-state index in [-0.39, 0.29) is 24.9 Å². The Bertz CT molecular complexity index is 824. The Morgan fingerprint density at radius 3 is 2.44 bits per heavy atom. The van der Waals surface area contributed by atoms with Gasteiger partial charge in [-0.3, -0.25) is 9.59 Å². The van der Waals surface area contributed by atoms with Crippen molar-refractivity contribution in [3.63, 3.8) is 0 Å². The first kappa shape index (κ1) is 20.6. The summed E-state index contributed by atoms with van der Waals surface area (Å²) < 4.78 is 7.39. The van der Waals surface area contributed by atoms with Crippen molar-refractivity contribution in [1.82, 2.24) is 9.88 Å². The Balaban J connectivity index is 2.11. The number of carbonyl (C=O) groups is 2. The van der Waals surface area contributed by atoms with Gasteiger partial charge in [0.1, 0.15) is 5.75 Å². The molecule has 0 saturated heterocycles. The van der Waals surface area contributed by atoms with Crippen LogP contribution in [0.5, 0.6) is 5.75 Å². The van der Waals surface area contributed by atoms with Crippen LogP contribution in [0, 0.1) is 19.8 Å². The van der Waals surface area contributed by atoms with Crippen LogP contribution in [0.15, 0.2) is 30.3 Å². The number of para-hydroxylation sites is 1. The van der Waals surface area contributed by atoms with E-state index in [0.29, 0.717) is 11.3 Å². The van der Waals surface area contributed by atoms with Gasteiger partial charge in [0.05, 0.1) is 18.6 Å². The molecule has 1 aromatic carbocycles. The summed E-state index contributed by atoms with van der Waals surface area (Å²) in [6.45, 7) is 8.05. The largest absolute Gasteiger partial charge is 0.496 e. The maximum atomic E-state index is 12.6. The number of hydrogen-bond donors (Lipinski definition) is 2. The molecular weight excluding hydrogens is 344 g/mol. The van der Waals surface area contributed by atoms with E-state index >= 15 is 0 Å². The van der Waals surface area contributed by atoms with E-state index in [0.717, 1.165) is 17.0 Å². The van der Waals surface area contributed by atoms with E-state index < -0.39 is 11.9 Å². The molecule has 0 aliphatic carbocycles. The quantitative estimate of drug-likeness (QED) is 0.744. The standard InChI is InChI=1S/C21H28N2O4/c1-13(2)23-14(3)10-18(15(23)4)20(24)22-12-17(21(25)26)11-16-8-6-7-9-19(16)27-5/h6-10,13,17H,11-12H2,1-5H3,(H,22,24)(H,25,26). The van der Waals surface area contributed by atoms with Gasteiger partial charge < -0.3 is 19.7 Å². The Kier molecular flexibility index (Phi) is 6.66. The van der Waals surface area contributed by atoms with Gasteiger partial charge in [-0.1, -0.05) is 18.2 Å². The van der Waals surface area contributed by atoms with Crippen molar-refractivity contribution >= 4 is 11.9 Å². The molecule has 0 aliphatic heterocycles. The highest BCUT2D eigenvalue weighted by atomic mass is 16.5. The molecule has 1 atom stereocenters. The monoisotopic (exact) mass is 372 g/mol. The number of carbonyl (C=O) groups excluding carboxylic acids is 1. The minimum Gasteiger partial charge on any atom is -0.496 e. The number of nitrogens with zero attached hydrogens (tertiary/aromatic N) is 1. The topological polar surface area (TPSA) is 80.6 Å². The number of ether oxygens (including phenoxy) is 1. The van der Waals surface area contributed by atoms with Crippen LogP contribution in [-0.2, 0) is 11.2 Å². The number of aromatic nitrogens is 1. The highest BCUT2D eigenvalue weighted by Crippen LogP contribution is 2.22. The molecule has 1 aromatic heterocycles. The van der Waals surface area contributed by atoms with Gasteiger partial charge in [0.15, 0.2) is 0 Å². The zero-order valence-electron chi connectivity index (χ0n) is 16.6. The summed E-state index contributed by atoms with van der Waals surface area (Å²) in [5, 5.41) is 12.3. The third kappa shape index (κ3) is 4.70. The molecule has 0 aliphatic rings. The number of benzene rings is 1. The van der Waals surface area contributed by atoms with Gasteiger partial charge in [-0.05, 0) is 51.8 Å². The fraction of sp³-hybridized carbons (Fsp3) is 0.429. The summed E-state index contributed by atoms with van der Waals surface area (Å²) in [6, 6.07) is 9.42. The number of rotatable bonds is 8. The molecule has 1 amide bonds. The molecule has 6 heteroatoms. The van der Waals surface area contributed by atoms with E-state index in [2.05, 4.69) is 23.7 Å². The number of amides is 1. The van der Waals surface area contributed by atoms with Gasteiger partial charge in [0.2, 0.25) is 0 Å². The van der Waals surface area contributed by atoms with E-state index in [1.165, 1.54) is 0 Å². The fourth-order valence-corrected chi connectivity index (χ4v) is 3.50. The molecule has 2 aromatic rings. The molecule has 2 rings (SSSR count). The van der Waals surface area contributed by atoms with Crippen molar-refractivity contribution < 1.29 is 19.4 Å². The van der Waals surface area contributed by atoms with Crippen LogP contribution in [0.1, 0.15) is 47.2 Å². The summed E-state index contributed by atoms with van der Waals surface area (Å²) in [5.74, 6) is -1.29. The van der Waals surface area contributed by atoms with Crippen LogP contribution in [-0.4, -0.2) is 35.2 Å². The van der Waals surface area contributed by atoms with Crippen LogP contribution in [0.3, 0.4) is 0 Å². The van der Waals surface area contributed by atoms with E-state index in [1.807, 2.05) is 38.1 Å². The SMILES string of the molecule is COc1ccccc1CC(CNC(=O)c1cc(C)n(C(C)C)c1C)C(=O)O. The molecule has 2 N–H and O–H groups in total. The molecule has 0 bridgehead atoms. The summed E-state index contributed by atoms with van der Waals surface area (Å²) in [4.78, 5) is 24.3. The first-order valence-electron chi connectivity index (χ1n) is 9.07. The molecule has 27 heavy (non-hydrogen) atoms. The number of nitrogens with one attached hydrogen (secondary N) is 1. The zero-order chi connectivity index (χ0) is 20.1. The third-order valence-corrected chi connectivity index (χ3v) is 4.76. The fourth-order valence-electron chi connectivity index (χ4n) is 3.50. The Morgan fingerprint density at radius 1 is 1.22 bits per heavy atom. The molecule has 146 valence electrons. The van der Waals surface area contributed by atoms with Crippen molar-refractivity contribution in [1.29, 1.82) is 0 Å². The molecule has 0 saturated carbocycles. The Morgan fingerprint density at radius 2 is 1.89 bits per heavy atom. The highest BCUT2D eigenvalue weighted by molar-refractivity contribution is 5.96. The lowest BCUT2D eigenvalue weighted by Gasteiger charge is -2.16. The van der Waals surface area contributed by atoms with Gasteiger partial charge >= 0.3 is 5.97 Å². The van der Waals surface area contributed by atoms with E-state index in [9.17, 15) is 14.7 Å². The van der Waals surface area contributed by atoms with Crippen LogP contribution < -0.4 is 10.1 Å². The number of aryl methyl sites for hydroxylation is 1. The third-order valence-electron chi connectivity index (χ3n) is 4.76. The average molecular weight is 372 g/mol. The highest BCUT2D eigenvalue weighted by Gasteiger charge is 2.23. The molecule has 0 radical (unpaired) electrons. The number of carboxylic acids is 1. The lowest BCUT2D eigenvalue weighted by Crippen LogP contribution is -2.34. The number of carboxylic acid groups (broad SMARTS) is 1. The van der Waals surface area contributed by atoms with Gasteiger partial charge in [0.25, 0.3) is 5.91 Å². The number of methoxy groups -OCH3 is 1. The van der Waals surface area contributed by atoms with Gasteiger partial charge in [-0.2, -0.15) is 0 Å². The second kappa shape index (κ2) is 8.75. The van der Waals surface area contributed by atoms with Crippen molar-refractivity contribution in [2.75, 3.05) is 13.7 Å². The normalized spacial score (nSPS) is 12.1. The summed E-state index contributed by atoms with van der Waals surface area (Å²) in [7, 11) is 1.56. The second-order valence-electron chi connectivity index (χ2n) is 7.01. The zero-order valence-corrected chi connectivity index (χ0v) is 16.6. The van der Waals surface area contributed by atoms with Crippen molar-refractivity contribution in [3.8, 4) is 5.75 Å². The molecule has 1 unspecified atom stereocenters. The van der Waals surface area contributed by atoms with Crippen molar-refractivity contribution in [2.45, 2.75) is 40.2 Å². The Hall–Kier alpha value is -2.76. The number of aliphatic carboxylic acids is 1. The molecular formula is C21H28N2O4. The lowest BCUT2D eigenvalue weighted by molar-refractivity contribution is -0.141. The molecule has 1 heterocycles. The van der Waals surface area contributed by atoms with E-state index in [4.69, 9.17) is 4.74 Å². The van der Waals surface area contributed by atoms with Crippen molar-refractivity contribution in [2.24, 2.45) is 5.92 Å². The molecule has 0 fully saturated rings. The second-order valence-corrected chi connectivity index (χ2v) is 7.01. The van der Waals surface area contributed by atoms with Crippen molar-refractivity contribution in [3.05, 3.63) is 52.8 Å². The number of hydrogen-bond acceptors (Lipinski definition) is 3. The maximum Gasteiger partial charge on any atom is 0.308 e. The molecule has 6 nitrogen and oxygen atoms in total. The first-order chi connectivity index (χ1) is 12.8. The van der Waals surface area contributed by atoms with Crippen LogP contribution >= 0.6 is 0 Å². The average Bonchev–Trinajstić information content (AvgIpc) is 2.92. The predicted octanol–water partition coefficient (Wildman–Crippen LogP) is 3.37. The van der Waals surface area contributed by atoms with Crippen LogP contribution in [0.25, 0.3) is 0 Å². The maximum absolute atomic E-state index is 12.6. The summed E-state index contributed by atoms with van der Waals surface area (Å²) in [6.07, 6.45) is 0.282. The van der Waals surface area contributed by atoms with Crippen LogP contribution in [0.4, 0.5) is 0 Å². The first-order valence-corrected chi connectivity index (χ1v) is 9.07. The van der Waals surface area contributed by atoms with Gasteiger partial charge in [-0.15, -0.1) is 0 Å². The van der Waals surface area contributed by atoms with Gasteiger partial charge in [-0.25, -0.2) is 0 Å². The molecule has 0 spiro atoms. The minimum atomic E-state index is -0.950. The van der Waals surface area contributed by atoms with Gasteiger partial charge in [0, 0.05) is 24.0 Å². The van der Waals surface area contributed by atoms with E-state index in [1.54, 1.807) is 13.2 Å². The van der Waals surface area contributed by atoms with Crippen LogP contribution in [0.2, 0.25) is 0 Å². The predicted molar refractivity (Wildman–Crippen MR) is 104 cm³/mol. The minimum absolute atomic E-state index is 0.0531. The lowest BCUT2D eigenvalue weighted by atomic mass is 9.98. The Labute approximate surface area is 160 Å². The summed E-state index contributed by atoms with van der Waals surface area (Å²) >= 11 is 0. The smallest absolute Gasteiger partial charge is 0.308 e.